The summed E-state index contributed by atoms with van der Waals surface area (Å²) in [6.07, 6.45) is 1.76. The van der Waals surface area contributed by atoms with Crippen molar-refractivity contribution in [3.8, 4) is 28.6 Å². The Hall–Kier alpha value is -3.41. The van der Waals surface area contributed by atoms with Crippen LogP contribution < -0.4 is 19.5 Å². The predicted octanol–water partition coefficient (Wildman–Crippen LogP) is 3.97. The van der Waals surface area contributed by atoms with E-state index in [1.165, 1.54) is 0 Å². The SMILES string of the molecule is C=CCNC(=O)Cc1c(-c2ccccc2)oc2cc(OC)c(OC)c(OC)c12. The molecular formula is C22H23NO5. The quantitative estimate of drug-likeness (QED) is 0.598. The number of ether oxygens (including phenoxy) is 3. The van der Waals surface area contributed by atoms with E-state index in [-0.39, 0.29) is 12.3 Å². The number of fused-ring (bicyclic) bond motifs is 1. The maximum Gasteiger partial charge on any atom is 0.224 e. The number of rotatable bonds is 8. The van der Waals surface area contributed by atoms with Crippen LogP contribution in [0.5, 0.6) is 17.2 Å². The molecule has 1 aromatic heterocycles. The Labute approximate surface area is 163 Å². The Morgan fingerprint density at radius 2 is 1.82 bits per heavy atom. The molecule has 2 aromatic carbocycles. The highest BCUT2D eigenvalue weighted by atomic mass is 16.5. The Balaban J connectivity index is 2.28. The number of carbonyl (C=O) groups is 1. The average molecular weight is 381 g/mol. The van der Waals surface area contributed by atoms with Crippen LogP contribution in [0.4, 0.5) is 0 Å². The number of hydrogen-bond acceptors (Lipinski definition) is 5. The molecule has 6 nitrogen and oxygen atoms in total. The molecule has 0 aliphatic heterocycles. The van der Waals surface area contributed by atoms with Crippen LogP contribution >= 0.6 is 0 Å². The molecule has 3 rings (SSSR count). The average Bonchev–Trinajstić information content (AvgIpc) is 3.09. The lowest BCUT2D eigenvalue weighted by Crippen LogP contribution is -2.25. The molecule has 6 heteroatoms. The van der Waals surface area contributed by atoms with E-state index in [2.05, 4.69) is 11.9 Å². The minimum absolute atomic E-state index is 0.122. The van der Waals surface area contributed by atoms with Gasteiger partial charge < -0.3 is 23.9 Å². The van der Waals surface area contributed by atoms with Crippen LogP contribution in [-0.4, -0.2) is 33.8 Å². The maximum atomic E-state index is 12.5. The number of amides is 1. The zero-order chi connectivity index (χ0) is 20.1. The highest BCUT2D eigenvalue weighted by molar-refractivity contribution is 5.99. The summed E-state index contributed by atoms with van der Waals surface area (Å²) in [4.78, 5) is 12.5. The fraction of sp³-hybridized carbons (Fsp3) is 0.227. The molecule has 0 aliphatic rings. The van der Waals surface area contributed by atoms with E-state index in [9.17, 15) is 4.79 Å². The molecule has 0 bridgehead atoms. The first-order valence-electron chi connectivity index (χ1n) is 8.81. The van der Waals surface area contributed by atoms with Gasteiger partial charge in [-0.15, -0.1) is 6.58 Å². The molecule has 0 unspecified atom stereocenters. The van der Waals surface area contributed by atoms with Crippen molar-refractivity contribution in [2.45, 2.75) is 6.42 Å². The fourth-order valence-electron chi connectivity index (χ4n) is 3.19. The van der Waals surface area contributed by atoms with Gasteiger partial charge in [0.05, 0.1) is 33.1 Å². The molecule has 0 saturated heterocycles. The molecule has 0 atom stereocenters. The van der Waals surface area contributed by atoms with Crippen molar-refractivity contribution in [2.75, 3.05) is 27.9 Å². The molecule has 1 amide bonds. The number of methoxy groups -OCH3 is 3. The molecule has 1 heterocycles. The molecule has 0 radical (unpaired) electrons. The lowest BCUT2D eigenvalue weighted by Gasteiger charge is -2.13. The number of carbonyl (C=O) groups excluding carboxylic acids is 1. The predicted molar refractivity (Wildman–Crippen MR) is 108 cm³/mol. The molecular weight excluding hydrogens is 358 g/mol. The van der Waals surface area contributed by atoms with Crippen LogP contribution in [0.3, 0.4) is 0 Å². The van der Waals surface area contributed by atoms with Crippen LogP contribution in [0.15, 0.2) is 53.5 Å². The van der Waals surface area contributed by atoms with Crippen molar-refractivity contribution < 1.29 is 23.4 Å². The van der Waals surface area contributed by atoms with Crippen molar-refractivity contribution in [3.63, 3.8) is 0 Å². The highest BCUT2D eigenvalue weighted by Crippen LogP contribution is 2.48. The van der Waals surface area contributed by atoms with Crippen molar-refractivity contribution in [1.82, 2.24) is 5.32 Å². The monoisotopic (exact) mass is 381 g/mol. The van der Waals surface area contributed by atoms with Gasteiger partial charge in [-0.05, 0) is 0 Å². The van der Waals surface area contributed by atoms with Crippen molar-refractivity contribution in [1.29, 1.82) is 0 Å². The van der Waals surface area contributed by atoms with Gasteiger partial charge in [-0.25, -0.2) is 0 Å². The van der Waals surface area contributed by atoms with Gasteiger partial charge in [0.15, 0.2) is 11.5 Å². The standard InChI is InChI=1S/C22H23NO5/c1-5-11-23-18(24)12-15-19-16(28-20(15)14-9-7-6-8-10-14)13-17(25-2)21(26-3)22(19)27-4/h5-10,13H,1,11-12H2,2-4H3,(H,23,24). The maximum absolute atomic E-state index is 12.5. The lowest BCUT2D eigenvalue weighted by molar-refractivity contribution is -0.120. The van der Waals surface area contributed by atoms with Gasteiger partial charge in [0.1, 0.15) is 11.3 Å². The van der Waals surface area contributed by atoms with Gasteiger partial charge in [0.2, 0.25) is 11.7 Å². The molecule has 146 valence electrons. The summed E-state index contributed by atoms with van der Waals surface area (Å²) in [5, 5.41) is 3.49. The van der Waals surface area contributed by atoms with E-state index >= 15 is 0 Å². The van der Waals surface area contributed by atoms with Gasteiger partial charge in [-0.2, -0.15) is 0 Å². The van der Waals surface area contributed by atoms with E-state index < -0.39 is 0 Å². The topological polar surface area (TPSA) is 69.9 Å². The molecule has 0 fully saturated rings. The van der Waals surface area contributed by atoms with Gasteiger partial charge in [-0.1, -0.05) is 36.4 Å². The summed E-state index contributed by atoms with van der Waals surface area (Å²) >= 11 is 0. The molecule has 0 aliphatic carbocycles. The van der Waals surface area contributed by atoms with E-state index in [1.807, 2.05) is 30.3 Å². The second-order valence-electron chi connectivity index (χ2n) is 6.06. The Morgan fingerprint density at radius 3 is 2.43 bits per heavy atom. The smallest absolute Gasteiger partial charge is 0.224 e. The molecule has 0 spiro atoms. The van der Waals surface area contributed by atoms with E-state index in [4.69, 9.17) is 18.6 Å². The van der Waals surface area contributed by atoms with Crippen LogP contribution in [0.25, 0.3) is 22.3 Å². The Morgan fingerprint density at radius 1 is 1.11 bits per heavy atom. The van der Waals surface area contributed by atoms with Crippen molar-refractivity contribution in [3.05, 3.63) is 54.6 Å². The zero-order valence-electron chi connectivity index (χ0n) is 16.2. The third-order valence-electron chi connectivity index (χ3n) is 4.40. The van der Waals surface area contributed by atoms with E-state index in [0.29, 0.717) is 40.5 Å². The second kappa shape index (κ2) is 8.52. The van der Waals surface area contributed by atoms with Gasteiger partial charge in [0.25, 0.3) is 0 Å². The summed E-state index contributed by atoms with van der Waals surface area (Å²) in [5.41, 5.74) is 2.14. The Kier molecular flexibility index (Phi) is 5.89. The van der Waals surface area contributed by atoms with Gasteiger partial charge in [0, 0.05) is 23.7 Å². The lowest BCUT2D eigenvalue weighted by atomic mass is 10.0. The summed E-state index contributed by atoms with van der Waals surface area (Å²) in [7, 11) is 4.64. The van der Waals surface area contributed by atoms with E-state index in [0.717, 1.165) is 11.1 Å². The first-order chi connectivity index (χ1) is 13.6. The van der Waals surface area contributed by atoms with Gasteiger partial charge in [-0.3, -0.25) is 4.79 Å². The zero-order valence-corrected chi connectivity index (χ0v) is 16.2. The minimum Gasteiger partial charge on any atom is -0.493 e. The normalized spacial score (nSPS) is 10.5. The number of furan rings is 1. The fourth-order valence-corrected chi connectivity index (χ4v) is 3.19. The molecule has 1 N–H and O–H groups in total. The molecule has 3 aromatic rings. The third kappa shape index (κ3) is 3.53. The van der Waals surface area contributed by atoms with Crippen LogP contribution in [0.1, 0.15) is 5.56 Å². The third-order valence-corrected chi connectivity index (χ3v) is 4.40. The summed E-state index contributed by atoms with van der Waals surface area (Å²) < 4.78 is 22.7. The largest absolute Gasteiger partial charge is 0.493 e. The van der Waals surface area contributed by atoms with E-state index in [1.54, 1.807) is 33.5 Å². The molecule has 28 heavy (non-hydrogen) atoms. The Bertz CT molecular complexity index is 991. The van der Waals surface area contributed by atoms with Crippen LogP contribution in [0, 0.1) is 0 Å². The van der Waals surface area contributed by atoms with Crippen LogP contribution in [-0.2, 0) is 11.2 Å². The van der Waals surface area contributed by atoms with Crippen LogP contribution in [0.2, 0.25) is 0 Å². The minimum atomic E-state index is -0.142. The van der Waals surface area contributed by atoms with Crippen molar-refractivity contribution >= 4 is 16.9 Å². The second-order valence-corrected chi connectivity index (χ2v) is 6.06. The van der Waals surface area contributed by atoms with Crippen molar-refractivity contribution in [2.24, 2.45) is 0 Å². The highest BCUT2D eigenvalue weighted by Gasteiger charge is 2.26. The number of benzene rings is 2. The number of nitrogens with one attached hydrogen (secondary N) is 1. The number of hydrogen-bond donors (Lipinski definition) is 1. The van der Waals surface area contributed by atoms with Gasteiger partial charge >= 0.3 is 0 Å². The molecule has 0 saturated carbocycles. The summed E-state index contributed by atoms with van der Waals surface area (Å²) in [6.45, 7) is 4.02. The summed E-state index contributed by atoms with van der Waals surface area (Å²) in [6, 6.07) is 11.4. The first kappa shape index (κ1) is 19.4. The summed E-state index contributed by atoms with van der Waals surface area (Å²) in [5.74, 6) is 1.87. The first-order valence-corrected chi connectivity index (χ1v) is 8.81.